The van der Waals surface area contributed by atoms with E-state index < -0.39 is 18.8 Å². The number of aryl methyl sites for hydroxylation is 3. The van der Waals surface area contributed by atoms with Gasteiger partial charge in [0.15, 0.2) is 0 Å². The van der Waals surface area contributed by atoms with E-state index >= 15 is 0 Å². The fraction of sp³-hybridized carbons (Fsp3) is 0.459. The van der Waals surface area contributed by atoms with Crippen LogP contribution in [0.3, 0.4) is 0 Å². The summed E-state index contributed by atoms with van der Waals surface area (Å²) in [6.07, 6.45) is 10.3. The smallest absolute Gasteiger partial charge is 0.102 e. The number of nitrogens with one attached hydrogen (secondary N) is 1. The zero-order valence-electron chi connectivity index (χ0n) is 26.2. The van der Waals surface area contributed by atoms with Gasteiger partial charge in [-0.1, -0.05) is 55.0 Å². The number of nitrogens with zero attached hydrogens (tertiary/aromatic N) is 2. The molecule has 3 nitrogen and oxygen atoms in total. The maximum Gasteiger partial charge on any atom is 0.102 e. The molecule has 5 rings (SSSR count). The molecule has 1 N–H and O–H groups in total. The van der Waals surface area contributed by atoms with E-state index in [1.807, 2.05) is 43.5 Å². The van der Waals surface area contributed by atoms with Crippen LogP contribution >= 0.6 is 0 Å². The lowest BCUT2D eigenvalue weighted by molar-refractivity contribution is 0.197. The minimum atomic E-state index is -1.14. The van der Waals surface area contributed by atoms with Gasteiger partial charge in [0.05, 0.1) is 16.6 Å². The summed E-state index contributed by atoms with van der Waals surface area (Å²) in [4.78, 5) is 6.74. The van der Waals surface area contributed by atoms with Crippen LogP contribution in [0, 0.1) is 43.4 Å². The van der Waals surface area contributed by atoms with Gasteiger partial charge in [0.25, 0.3) is 0 Å². The Labute approximate surface area is 251 Å². The Morgan fingerprint density at radius 2 is 1.71 bits per heavy atom. The molecule has 0 radical (unpaired) electrons. The first-order valence-corrected chi connectivity index (χ1v) is 15.3. The van der Waals surface area contributed by atoms with E-state index in [1.54, 1.807) is 0 Å². The highest BCUT2D eigenvalue weighted by Gasteiger charge is 2.41. The largest absolute Gasteiger partial charge is 0.310 e. The van der Waals surface area contributed by atoms with Gasteiger partial charge in [-0.05, 0) is 131 Å². The number of alkyl halides is 2. The summed E-state index contributed by atoms with van der Waals surface area (Å²) in [6.45, 7) is 7.98. The molecule has 1 fully saturated rings. The Morgan fingerprint density at radius 3 is 2.31 bits per heavy atom. The molecule has 1 atom stereocenters. The number of hydrogen-bond acceptors (Lipinski definition) is 3. The summed E-state index contributed by atoms with van der Waals surface area (Å²) in [5.41, 5.74) is 7.28. The van der Waals surface area contributed by atoms with Gasteiger partial charge in [-0.2, -0.15) is 0 Å². The van der Waals surface area contributed by atoms with E-state index in [4.69, 9.17) is 5.41 Å². The minimum absolute atomic E-state index is 0.300. The van der Waals surface area contributed by atoms with E-state index in [1.165, 1.54) is 24.0 Å². The van der Waals surface area contributed by atoms with Crippen molar-refractivity contribution in [2.75, 3.05) is 34.0 Å². The van der Waals surface area contributed by atoms with Gasteiger partial charge in [0, 0.05) is 11.6 Å². The van der Waals surface area contributed by atoms with Gasteiger partial charge >= 0.3 is 0 Å². The predicted octanol–water partition coefficient (Wildman–Crippen LogP) is 8.94. The summed E-state index contributed by atoms with van der Waals surface area (Å²) in [6, 6.07) is 14.5. The molecular weight excluding hydrogens is 524 g/mol. The summed E-state index contributed by atoms with van der Waals surface area (Å²) in [7, 11) is 4.11. The second-order valence-electron chi connectivity index (χ2n) is 12.6. The number of rotatable bonds is 10. The Bertz CT molecular complexity index is 1440. The number of benzene rings is 2. The number of pyridine rings is 1. The van der Waals surface area contributed by atoms with Gasteiger partial charge in [0.2, 0.25) is 0 Å². The standard InChI is InChI=1S/C33H36F2N2.C4H11N/c1-21-4-6-26(7-5-21)31(36)29-12-13-33(19-34,20-35)30(29)11-10-27(25-8-9-25)16-24-15-23(3)32-28(17-24)14-22(2)18-37-32;1-4-5(2)3/h4-7,10-11,14-15,17-18,25,27,36H,8-9,12-13,16,19-20H2,1-3H3;4H2,1-3H3/b11-10+,36-31?;. The lowest BCUT2D eigenvalue weighted by atomic mass is 9.81. The molecule has 42 heavy (non-hydrogen) atoms. The van der Waals surface area contributed by atoms with Gasteiger partial charge in [-0.15, -0.1) is 0 Å². The van der Waals surface area contributed by atoms with E-state index in [0.29, 0.717) is 36.0 Å². The van der Waals surface area contributed by atoms with Crippen molar-refractivity contribution in [3.8, 4) is 0 Å². The molecule has 2 aliphatic carbocycles. The van der Waals surface area contributed by atoms with Crippen LogP contribution in [0.25, 0.3) is 10.9 Å². The number of aromatic nitrogens is 1. The average molecular weight is 572 g/mol. The molecular formula is C37H47F2N3. The Kier molecular flexibility index (Phi) is 10.5. The van der Waals surface area contributed by atoms with Crippen LogP contribution in [0.1, 0.15) is 60.4 Å². The van der Waals surface area contributed by atoms with Crippen molar-refractivity contribution in [2.45, 2.75) is 59.8 Å². The number of fused-ring (bicyclic) bond motifs is 1. The van der Waals surface area contributed by atoms with Gasteiger partial charge in [0.1, 0.15) is 13.3 Å². The third-order valence-electron chi connectivity index (χ3n) is 8.92. The molecule has 0 spiro atoms. The molecule has 224 valence electrons. The van der Waals surface area contributed by atoms with Crippen LogP contribution in [0.2, 0.25) is 0 Å². The predicted molar refractivity (Wildman–Crippen MR) is 173 cm³/mol. The third kappa shape index (κ3) is 7.42. The Hall–Kier alpha value is -3.18. The SMILES string of the molecule is CCN(C)C.Cc1ccc(C(=N)C2=C(/C=C/C(Cc3cc(C)c4ncc(C)cc4c3)C3CC3)C(CF)(CF)CC2)cc1. The van der Waals surface area contributed by atoms with Crippen LogP contribution in [-0.4, -0.2) is 49.6 Å². The highest BCUT2D eigenvalue weighted by atomic mass is 19.1. The van der Waals surface area contributed by atoms with E-state index in [9.17, 15) is 8.78 Å². The first kappa shape index (κ1) is 31.7. The lowest BCUT2D eigenvalue weighted by Crippen LogP contribution is -2.25. The molecule has 0 bridgehead atoms. The van der Waals surface area contributed by atoms with E-state index in [2.05, 4.69) is 69.0 Å². The van der Waals surface area contributed by atoms with Crippen LogP contribution in [-0.2, 0) is 6.42 Å². The molecule has 1 aromatic heterocycles. The molecule has 3 aromatic rings. The first-order chi connectivity index (χ1) is 20.1. The van der Waals surface area contributed by atoms with Gasteiger partial charge in [-0.3, -0.25) is 19.2 Å². The molecule has 1 saturated carbocycles. The van der Waals surface area contributed by atoms with Crippen LogP contribution in [0.5, 0.6) is 0 Å². The summed E-state index contributed by atoms with van der Waals surface area (Å²) < 4.78 is 28.8. The molecule has 0 amide bonds. The first-order valence-electron chi connectivity index (χ1n) is 15.3. The van der Waals surface area contributed by atoms with Crippen molar-refractivity contribution in [2.24, 2.45) is 17.3 Å². The average Bonchev–Trinajstić information content (AvgIpc) is 3.76. The third-order valence-corrected chi connectivity index (χ3v) is 8.92. The van der Waals surface area contributed by atoms with Crippen molar-refractivity contribution in [1.82, 2.24) is 9.88 Å². The van der Waals surface area contributed by atoms with Gasteiger partial charge in [-0.25, -0.2) is 0 Å². The number of allylic oxidation sites excluding steroid dienone is 4. The van der Waals surface area contributed by atoms with Crippen molar-refractivity contribution in [3.05, 3.63) is 99.8 Å². The second kappa shape index (κ2) is 13.9. The number of halogens is 2. The lowest BCUT2D eigenvalue weighted by Gasteiger charge is -2.25. The minimum Gasteiger partial charge on any atom is -0.310 e. The summed E-state index contributed by atoms with van der Waals surface area (Å²) >= 11 is 0. The Balaban J connectivity index is 0.000000748. The molecule has 2 aromatic carbocycles. The second-order valence-corrected chi connectivity index (χ2v) is 12.6. The monoisotopic (exact) mass is 571 g/mol. The number of hydrogen-bond donors (Lipinski definition) is 1. The fourth-order valence-corrected chi connectivity index (χ4v) is 5.84. The molecule has 0 saturated heterocycles. The van der Waals surface area contributed by atoms with Crippen LogP contribution in [0.15, 0.2) is 72.0 Å². The van der Waals surface area contributed by atoms with Crippen molar-refractivity contribution in [1.29, 1.82) is 5.41 Å². The summed E-state index contributed by atoms with van der Waals surface area (Å²) in [5, 5.41) is 10.1. The molecule has 0 aliphatic heterocycles. The van der Waals surface area contributed by atoms with Gasteiger partial charge < -0.3 is 4.90 Å². The van der Waals surface area contributed by atoms with E-state index in [-0.39, 0.29) is 0 Å². The topological polar surface area (TPSA) is 40.0 Å². The Morgan fingerprint density at radius 1 is 1.05 bits per heavy atom. The normalized spacial score (nSPS) is 17.2. The highest BCUT2D eigenvalue weighted by Crippen LogP contribution is 2.47. The molecule has 1 unspecified atom stereocenters. The molecule has 5 heteroatoms. The molecule has 1 heterocycles. The van der Waals surface area contributed by atoms with Crippen molar-refractivity contribution >= 4 is 16.6 Å². The maximum absolute atomic E-state index is 14.4. The van der Waals surface area contributed by atoms with Crippen LogP contribution < -0.4 is 0 Å². The molecule has 2 aliphatic rings. The van der Waals surface area contributed by atoms with E-state index in [0.717, 1.165) is 46.1 Å². The zero-order chi connectivity index (χ0) is 30.4. The highest BCUT2D eigenvalue weighted by molar-refractivity contribution is 6.11. The summed E-state index contributed by atoms with van der Waals surface area (Å²) in [5.74, 6) is 0.893. The maximum atomic E-state index is 14.4. The fourth-order valence-electron chi connectivity index (χ4n) is 5.84. The zero-order valence-corrected chi connectivity index (χ0v) is 26.2. The van der Waals surface area contributed by atoms with Crippen LogP contribution in [0.4, 0.5) is 8.78 Å². The van der Waals surface area contributed by atoms with Crippen molar-refractivity contribution in [3.63, 3.8) is 0 Å². The quantitative estimate of drug-likeness (QED) is 0.247. The van der Waals surface area contributed by atoms with Crippen molar-refractivity contribution < 1.29 is 8.78 Å².